The van der Waals surface area contributed by atoms with Crippen LogP contribution in [0.3, 0.4) is 0 Å². The van der Waals surface area contributed by atoms with E-state index in [0.717, 1.165) is 12.0 Å². The number of ether oxygens (including phenoxy) is 11. The van der Waals surface area contributed by atoms with Gasteiger partial charge in [-0.25, -0.2) is 16.8 Å². The van der Waals surface area contributed by atoms with E-state index in [1.165, 1.54) is 6.92 Å². The van der Waals surface area contributed by atoms with Crippen LogP contribution in [-0.4, -0.2) is 193 Å². The maximum Gasteiger partial charge on any atom is 1.00 e. The Morgan fingerprint density at radius 3 is 1.89 bits per heavy atom. The Kier molecular flexibility index (Phi) is 19.3. The molecule has 11 rings (SSSR count). The third-order valence-corrected chi connectivity index (χ3v) is 20.5. The number of aliphatic hydroxyl groups excluding tert-OH is 1. The van der Waals surface area contributed by atoms with Gasteiger partial charge in [-0.15, -0.1) is 6.58 Å². The zero-order valence-electron chi connectivity index (χ0n) is 47.6. The molecule has 26 atom stereocenters. The van der Waals surface area contributed by atoms with Gasteiger partial charge in [0.1, 0.15) is 35.6 Å². The first-order chi connectivity index (χ1) is 36.5. The number of hydrogen-bond acceptors (Lipinski definition) is 21. The van der Waals surface area contributed by atoms with E-state index in [1.807, 2.05) is 6.92 Å². The monoisotopic (exact) mass is 1190 g/mol. The second kappa shape index (κ2) is 23.9. The zero-order chi connectivity index (χ0) is 55.7. The molecule has 11 fully saturated rings. The third kappa shape index (κ3) is 12.9. The fraction of sp³-hybridized carbons (Fsp3) is 0.855. The quantitative estimate of drug-likeness (QED) is 0.0774. The van der Waals surface area contributed by atoms with Crippen molar-refractivity contribution in [2.45, 2.75) is 282 Å². The Labute approximate surface area is 515 Å². The average Bonchev–Trinajstić information content (AvgIpc) is 3.62. The van der Waals surface area contributed by atoms with Crippen molar-refractivity contribution in [3.05, 3.63) is 49.1 Å². The van der Waals surface area contributed by atoms with Crippen LogP contribution in [0.4, 0.5) is 0 Å². The minimum atomic E-state index is -5.21. The van der Waals surface area contributed by atoms with Crippen LogP contribution in [0.1, 0.15) is 131 Å². The summed E-state index contributed by atoms with van der Waals surface area (Å²) in [6.45, 7) is 23.0. The normalized spacial score (nSPS) is 49.7. The second-order valence-electron chi connectivity index (χ2n) is 25.5. The van der Waals surface area contributed by atoms with Crippen LogP contribution < -0.4 is 59.1 Å². The van der Waals surface area contributed by atoms with Gasteiger partial charge in [0.05, 0.1) is 121 Å². The summed E-state index contributed by atoms with van der Waals surface area (Å²) in [7, 11) is -10.3. The predicted octanol–water partition coefficient (Wildman–Crippen LogP) is -1.62. The molecule has 25 heteroatoms. The van der Waals surface area contributed by atoms with E-state index in [0.29, 0.717) is 76.2 Å². The summed E-state index contributed by atoms with van der Waals surface area (Å²) < 4.78 is 154. The molecule has 11 aliphatic rings. The molecule has 11 aliphatic heterocycles. The van der Waals surface area contributed by atoms with Gasteiger partial charge in [-0.2, -0.15) is 0 Å². The van der Waals surface area contributed by atoms with Crippen molar-refractivity contribution in [3.8, 4) is 0 Å². The Morgan fingerprint density at radius 2 is 1.25 bits per heavy atom. The van der Waals surface area contributed by atoms with E-state index in [9.17, 15) is 36.2 Å². The summed E-state index contributed by atoms with van der Waals surface area (Å²) in [5, 5.41) is 24.0. The van der Waals surface area contributed by atoms with Gasteiger partial charge in [0.15, 0.2) is 0 Å². The molecule has 0 aromatic carbocycles. The van der Waals surface area contributed by atoms with E-state index >= 15 is 0 Å². The summed E-state index contributed by atoms with van der Waals surface area (Å²) in [5.74, 6) is 0.0619. The van der Waals surface area contributed by atoms with Crippen molar-refractivity contribution >= 4 is 20.8 Å². The van der Waals surface area contributed by atoms with Gasteiger partial charge in [0.2, 0.25) is 20.8 Å². The number of rotatable bonds is 11. The molecule has 11 saturated heterocycles. The predicted molar refractivity (Wildman–Crippen MR) is 272 cm³/mol. The molecule has 0 saturated carbocycles. The summed E-state index contributed by atoms with van der Waals surface area (Å²) in [5.41, 5.74) is -3.80. The maximum absolute atomic E-state index is 12.3. The molecule has 80 heavy (non-hydrogen) atoms. The van der Waals surface area contributed by atoms with Crippen molar-refractivity contribution < 1.29 is 156 Å². The van der Waals surface area contributed by atoms with Crippen LogP contribution in [0.15, 0.2) is 49.1 Å². The number of allylic oxidation sites excluding steroid dienone is 3. The van der Waals surface area contributed by atoms with Crippen LogP contribution in [0, 0.1) is 5.92 Å². The molecular weight excluding hydrogens is 1110 g/mol. The van der Waals surface area contributed by atoms with Gasteiger partial charge in [-0.1, -0.05) is 43.9 Å². The SMILES string of the molecule is C=CCC(=C)/C=C/[C@@](C)(O)[C@H]1O[C@@H]2C[C@@H]3O[C@@H]4C[C@@H]5O[C@@H]6C[C@@H]7O[C@@H]8C[C@@H]9O[C@@H]%10C[C@@H]%11O[C@](C)(CCOS(=O)(=O)[O-])[C@@H](OS(=O)(=O)[O-])C[C@H]%11O[C@H]%10C[C@H]9O[C@H]8CC[C@@]7(C)O[C@@]6(C)CC[C@H](C)[C@H]5O[C@H]4[C@@H](O)[C@@]3(C)O[C@H]2CC1=C.[Na+].[Na+]. The number of fused-ring (bicyclic) bond motifs is 10. The van der Waals surface area contributed by atoms with E-state index in [1.54, 1.807) is 25.2 Å². The molecule has 21 nitrogen and oxygen atoms in total. The molecule has 0 bridgehead atoms. The summed E-state index contributed by atoms with van der Waals surface area (Å²) in [4.78, 5) is 0. The molecule has 0 aliphatic carbocycles. The largest absolute Gasteiger partial charge is 1.00 e. The standard InChI is InChI=1S/C55H82O21S2.2Na/c1-10-11-28(2)12-15-51(5,57)50-30(4)20-39-38(71-50)26-46-55(9,74-39)49(56)48-42(70-46)24-41-47(72-48)29(3)13-16-53(7)44(69-41)27-43-54(8,76-53)17-14-31-32(68-43)21-34-33(65-31)22-35-36(66-34)23-40-37(67-35)25-45(75-78(61,62)63)52(6,73-40)18-19-64-77(58,59)60;;/h10,12,15,29,31-50,56-57H,1-2,4,11,13-14,16-27H2,3,5-9H3,(H,58,59,60)(H,61,62,63);;/q;2*+1/p-2/b15-12+;;/t29-,31-,32+,33+,34-,35-,36+,37+,38+,39-,40-,41-,42+,43-,44+,45-,46-,47+,48+,49+,50-,51+,52+,53-,54+,55-;;/m0../s1. The number of aliphatic hydroxyl groups is 2. The van der Waals surface area contributed by atoms with Gasteiger partial charge in [0, 0.05) is 51.4 Å². The van der Waals surface area contributed by atoms with Gasteiger partial charge in [-0.05, 0) is 84.6 Å². The fourth-order valence-electron chi connectivity index (χ4n) is 15.3. The summed E-state index contributed by atoms with van der Waals surface area (Å²) in [6, 6.07) is 0. The smallest absolute Gasteiger partial charge is 0.726 e. The van der Waals surface area contributed by atoms with Crippen molar-refractivity contribution in [1.29, 1.82) is 0 Å². The molecule has 0 aromatic rings. The van der Waals surface area contributed by atoms with E-state index < -0.39 is 129 Å². The summed E-state index contributed by atoms with van der Waals surface area (Å²) in [6.07, 6.45) is 1.21. The van der Waals surface area contributed by atoms with E-state index in [2.05, 4.69) is 44.7 Å². The van der Waals surface area contributed by atoms with Gasteiger partial charge >= 0.3 is 59.1 Å². The Balaban J connectivity index is 0.00000387. The van der Waals surface area contributed by atoms with Crippen LogP contribution in [0.5, 0.6) is 0 Å². The first-order valence-electron chi connectivity index (χ1n) is 28.1. The van der Waals surface area contributed by atoms with Crippen molar-refractivity contribution in [2.24, 2.45) is 5.92 Å². The third-order valence-electron chi connectivity index (χ3n) is 19.6. The number of hydrogen-bond donors (Lipinski definition) is 2. The topological polar surface area (TPSA) is 275 Å². The van der Waals surface area contributed by atoms with E-state index in [-0.39, 0.29) is 127 Å². The van der Waals surface area contributed by atoms with Crippen molar-refractivity contribution in [3.63, 3.8) is 0 Å². The van der Waals surface area contributed by atoms with Crippen LogP contribution >= 0.6 is 0 Å². The molecule has 11 heterocycles. The minimum Gasteiger partial charge on any atom is -0.726 e. The Hall–Kier alpha value is 0.180. The first kappa shape index (κ1) is 64.6. The minimum absolute atomic E-state index is 0. The molecule has 440 valence electrons. The average molecular weight is 1190 g/mol. The molecule has 0 aromatic heterocycles. The van der Waals surface area contributed by atoms with Crippen molar-refractivity contribution in [2.75, 3.05) is 6.61 Å². The molecule has 0 spiro atoms. The van der Waals surface area contributed by atoms with Crippen LogP contribution in [-0.2, 0) is 81.3 Å². The van der Waals surface area contributed by atoms with Gasteiger partial charge in [0.25, 0.3) is 0 Å². The molecule has 0 unspecified atom stereocenters. The molecular formula is C55H80Na2O21S2. The second-order valence-corrected chi connectivity index (χ2v) is 27.5. The molecule has 0 amide bonds. The molecule has 0 radical (unpaired) electrons. The van der Waals surface area contributed by atoms with Crippen LogP contribution in [0.2, 0.25) is 0 Å². The molecule has 2 N–H and O–H groups in total. The zero-order valence-corrected chi connectivity index (χ0v) is 53.2. The summed E-state index contributed by atoms with van der Waals surface area (Å²) >= 11 is 0. The van der Waals surface area contributed by atoms with Gasteiger partial charge in [-0.3, -0.25) is 8.37 Å². The van der Waals surface area contributed by atoms with Crippen molar-refractivity contribution in [1.82, 2.24) is 0 Å². The van der Waals surface area contributed by atoms with E-state index in [4.69, 9.17) is 56.3 Å². The fourth-order valence-corrected chi connectivity index (χ4v) is 16.1. The van der Waals surface area contributed by atoms with Crippen LogP contribution in [0.25, 0.3) is 0 Å². The Bertz CT molecular complexity index is 2560. The Morgan fingerprint density at radius 1 is 0.700 bits per heavy atom. The van der Waals surface area contributed by atoms with Gasteiger partial charge < -0.3 is 71.4 Å². The maximum atomic E-state index is 12.3. The first-order valence-corrected chi connectivity index (χ1v) is 30.8.